The van der Waals surface area contributed by atoms with Gasteiger partial charge >= 0.3 is 11.9 Å². The lowest BCUT2D eigenvalue weighted by molar-refractivity contribution is -0.174. The van der Waals surface area contributed by atoms with Crippen LogP contribution in [0.25, 0.3) is 0 Å². The monoisotopic (exact) mass is 584 g/mol. The van der Waals surface area contributed by atoms with Crippen LogP contribution in [-0.2, 0) is 28.7 Å². The minimum atomic E-state index is -1.19. The minimum Gasteiger partial charge on any atom is -0.462 e. The van der Waals surface area contributed by atoms with Crippen molar-refractivity contribution in [3.63, 3.8) is 0 Å². The van der Waals surface area contributed by atoms with Gasteiger partial charge in [0, 0.05) is 56.1 Å². The number of carbonyl (C=O) groups is 4. The summed E-state index contributed by atoms with van der Waals surface area (Å²) in [5, 5.41) is 21.1. The lowest BCUT2D eigenvalue weighted by Gasteiger charge is -2.61. The molecule has 12 atom stereocenters. The van der Waals surface area contributed by atoms with E-state index in [1.54, 1.807) is 13.0 Å². The fraction of sp³-hybridized carbons (Fsp3) is 0.765. The molecule has 5 aliphatic rings. The number of hydrogen-bond acceptors (Lipinski definition) is 8. The largest absolute Gasteiger partial charge is 0.462 e. The summed E-state index contributed by atoms with van der Waals surface area (Å²) in [6.45, 7) is 14.0. The highest BCUT2D eigenvalue weighted by Crippen LogP contribution is 2.87. The van der Waals surface area contributed by atoms with E-state index >= 15 is 0 Å². The lowest BCUT2D eigenvalue weighted by atomic mass is 9.43. The molecule has 42 heavy (non-hydrogen) atoms. The quantitative estimate of drug-likeness (QED) is 0.305. The summed E-state index contributed by atoms with van der Waals surface area (Å²) < 4.78 is 11.7. The van der Waals surface area contributed by atoms with E-state index in [1.165, 1.54) is 13.8 Å². The molecule has 0 amide bonds. The predicted octanol–water partition coefficient (Wildman–Crippen LogP) is 4.22. The Kier molecular flexibility index (Phi) is 7.70. The molecule has 0 bridgehead atoms. The molecule has 12 unspecified atom stereocenters. The van der Waals surface area contributed by atoms with Crippen molar-refractivity contribution in [3.8, 4) is 0 Å². The molecule has 4 saturated carbocycles. The third-order valence-electron chi connectivity index (χ3n) is 13.1. The first-order chi connectivity index (χ1) is 19.7. The van der Waals surface area contributed by atoms with E-state index < -0.39 is 58.5 Å². The standard InChI is InChI=1S/C34H48O8/c1-18(15-35)19(2)29(40)30(42-23(6)38)21(4)28-26(41-22(5)37)14-31(7)27-9-8-24-20(3)25(39)10-11-32(24)16-33(27,32)12-13-34(28,31)17-36/h10-11,18,20-21,24,26-28,30,35-36H,2,8-9,12-17H2,1,3-7H3. The number of fused-ring (bicyclic) bond motifs is 2. The number of ketones is 2. The smallest absolute Gasteiger partial charge is 0.303 e. The molecule has 5 rings (SSSR count). The molecule has 0 saturated heterocycles. The molecule has 8 heteroatoms. The zero-order valence-corrected chi connectivity index (χ0v) is 26.0. The number of rotatable bonds is 9. The van der Waals surface area contributed by atoms with Gasteiger partial charge in [-0.2, -0.15) is 0 Å². The van der Waals surface area contributed by atoms with E-state index in [1.807, 2.05) is 6.92 Å². The van der Waals surface area contributed by atoms with Gasteiger partial charge in [-0.15, -0.1) is 0 Å². The van der Waals surface area contributed by atoms with Crippen LogP contribution in [0.4, 0.5) is 0 Å². The van der Waals surface area contributed by atoms with Crippen LogP contribution in [0.1, 0.15) is 80.1 Å². The number of ether oxygens (including phenoxy) is 2. The first-order valence-corrected chi connectivity index (χ1v) is 15.7. The summed E-state index contributed by atoms with van der Waals surface area (Å²) >= 11 is 0. The van der Waals surface area contributed by atoms with Crippen LogP contribution in [0.2, 0.25) is 0 Å². The average molecular weight is 585 g/mol. The maximum Gasteiger partial charge on any atom is 0.303 e. The molecule has 232 valence electrons. The van der Waals surface area contributed by atoms with Crippen LogP contribution in [-0.4, -0.2) is 59.1 Å². The van der Waals surface area contributed by atoms with Gasteiger partial charge in [-0.1, -0.05) is 40.3 Å². The van der Waals surface area contributed by atoms with Crippen LogP contribution >= 0.6 is 0 Å². The van der Waals surface area contributed by atoms with Crippen LogP contribution in [0.3, 0.4) is 0 Å². The number of Topliss-reactive ketones (excluding diaryl/α,β-unsaturated/α-hetero) is 1. The SMILES string of the molecule is C=C(C(=O)C(OC(C)=O)C(C)C1C(OC(C)=O)CC2(C)C3CCC4C(C)C(=O)C=CC45CC35CCC12CO)C(C)CO. The molecule has 5 aliphatic carbocycles. The minimum absolute atomic E-state index is 0.00251. The average Bonchev–Trinajstić information content (AvgIpc) is 3.53. The molecule has 0 aliphatic heterocycles. The van der Waals surface area contributed by atoms with E-state index in [0.29, 0.717) is 18.8 Å². The van der Waals surface area contributed by atoms with Gasteiger partial charge in [-0.3, -0.25) is 19.2 Å². The predicted molar refractivity (Wildman–Crippen MR) is 155 cm³/mol. The normalized spacial score (nSPS) is 43.5. The van der Waals surface area contributed by atoms with Gasteiger partial charge in [-0.25, -0.2) is 0 Å². The number of carbonyl (C=O) groups excluding carboxylic acids is 4. The van der Waals surface area contributed by atoms with Gasteiger partial charge in [-0.05, 0) is 78.3 Å². The molecule has 2 N–H and O–H groups in total. The summed E-state index contributed by atoms with van der Waals surface area (Å²) in [6, 6.07) is 0. The molecule has 0 heterocycles. The zero-order chi connectivity index (χ0) is 31.0. The van der Waals surface area contributed by atoms with Gasteiger partial charge < -0.3 is 19.7 Å². The molecular weight excluding hydrogens is 536 g/mol. The van der Waals surface area contributed by atoms with Crippen molar-refractivity contribution in [1.29, 1.82) is 0 Å². The van der Waals surface area contributed by atoms with E-state index in [2.05, 4.69) is 26.5 Å². The van der Waals surface area contributed by atoms with E-state index in [4.69, 9.17) is 9.47 Å². The maximum absolute atomic E-state index is 13.7. The van der Waals surface area contributed by atoms with Crippen molar-refractivity contribution >= 4 is 23.5 Å². The van der Waals surface area contributed by atoms with Crippen molar-refractivity contribution < 1.29 is 38.9 Å². The molecule has 2 spiro atoms. The molecule has 0 radical (unpaired) electrons. The van der Waals surface area contributed by atoms with Crippen LogP contribution in [0.5, 0.6) is 0 Å². The third-order valence-corrected chi connectivity index (χ3v) is 13.1. The molecule has 0 aromatic heterocycles. The summed E-state index contributed by atoms with van der Waals surface area (Å²) in [5.74, 6) is -2.27. The van der Waals surface area contributed by atoms with Crippen molar-refractivity contribution in [1.82, 2.24) is 0 Å². The fourth-order valence-corrected chi connectivity index (χ4v) is 11.1. The van der Waals surface area contributed by atoms with Crippen LogP contribution in [0.15, 0.2) is 24.3 Å². The molecule has 0 aromatic rings. The highest BCUT2D eigenvalue weighted by molar-refractivity contribution is 5.99. The van der Waals surface area contributed by atoms with Crippen molar-refractivity contribution in [2.75, 3.05) is 13.2 Å². The maximum atomic E-state index is 13.7. The Morgan fingerprint density at radius 2 is 1.81 bits per heavy atom. The van der Waals surface area contributed by atoms with Crippen LogP contribution in [0, 0.1) is 57.2 Å². The zero-order valence-electron chi connectivity index (χ0n) is 26.0. The molecule has 8 nitrogen and oxygen atoms in total. The summed E-state index contributed by atoms with van der Waals surface area (Å²) in [6.07, 6.45) is 7.24. The number of allylic oxidation sites excluding steroid dienone is 2. The van der Waals surface area contributed by atoms with Gasteiger partial charge in [0.25, 0.3) is 0 Å². The Hall–Kier alpha value is -2.32. The van der Waals surface area contributed by atoms with Crippen molar-refractivity contribution in [3.05, 3.63) is 24.3 Å². The highest BCUT2D eigenvalue weighted by Gasteiger charge is 2.82. The molecule has 0 aromatic carbocycles. The van der Waals surface area contributed by atoms with Crippen LogP contribution < -0.4 is 0 Å². The number of aliphatic hydroxyl groups excluding tert-OH is 2. The van der Waals surface area contributed by atoms with Gasteiger partial charge in [0.1, 0.15) is 6.10 Å². The second-order valence-corrected chi connectivity index (χ2v) is 14.6. The number of hydrogen-bond donors (Lipinski definition) is 2. The van der Waals surface area contributed by atoms with Crippen molar-refractivity contribution in [2.45, 2.75) is 92.3 Å². The van der Waals surface area contributed by atoms with Gasteiger partial charge in [0.2, 0.25) is 0 Å². The first kappa shape index (κ1) is 31.1. The topological polar surface area (TPSA) is 127 Å². The van der Waals surface area contributed by atoms with Gasteiger partial charge in [0.05, 0.1) is 0 Å². The Bertz CT molecular complexity index is 1220. The second-order valence-electron chi connectivity index (χ2n) is 14.6. The third kappa shape index (κ3) is 4.06. The Morgan fingerprint density at radius 1 is 1.12 bits per heavy atom. The Morgan fingerprint density at radius 3 is 2.40 bits per heavy atom. The summed E-state index contributed by atoms with van der Waals surface area (Å²) in [4.78, 5) is 51.1. The molecular formula is C34H48O8. The molecule has 4 fully saturated rings. The number of esters is 2. The van der Waals surface area contributed by atoms with Gasteiger partial charge in [0.15, 0.2) is 17.7 Å². The summed E-state index contributed by atoms with van der Waals surface area (Å²) in [5.41, 5.74) is -0.897. The second kappa shape index (κ2) is 10.4. The highest BCUT2D eigenvalue weighted by atomic mass is 16.6. The lowest BCUT2D eigenvalue weighted by Crippen LogP contribution is -2.58. The van der Waals surface area contributed by atoms with E-state index in [-0.39, 0.29) is 47.2 Å². The van der Waals surface area contributed by atoms with E-state index in [9.17, 15) is 29.4 Å². The fourth-order valence-electron chi connectivity index (χ4n) is 11.1. The summed E-state index contributed by atoms with van der Waals surface area (Å²) in [7, 11) is 0. The van der Waals surface area contributed by atoms with E-state index in [0.717, 1.165) is 25.7 Å². The number of aliphatic hydroxyl groups is 2. The Balaban J connectivity index is 1.57. The first-order valence-electron chi connectivity index (χ1n) is 15.7. The van der Waals surface area contributed by atoms with Crippen molar-refractivity contribution in [2.24, 2.45) is 57.2 Å². The Labute approximate surface area is 249 Å².